The number of halogens is 1. The zero-order chi connectivity index (χ0) is 17.7. The minimum Gasteiger partial charge on any atom is -0.507 e. The average Bonchev–Trinajstić information content (AvgIpc) is 3.26. The van der Waals surface area contributed by atoms with E-state index in [-0.39, 0.29) is 5.75 Å². The molecule has 4 aromatic rings. The monoisotopic (exact) mass is 406 g/mol. The average molecular weight is 407 g/mol. The summed E-state index contributed by atoms with van der Waals surface area (Å²) >= 11 is 3.46. The topological polar surface area (TPSA) is 63.8 Å². The van der Waals surface area contributed by atoms with E-state index in [0.717, 1.165) is 52.8 Å². The highest BCUT2D eigenvalue weighted by molar-refractivity contribution is 9.10. The Kier molecular flexibility index (Phi) is 3.53. The number of hydrogen-bond donors (Lipinski definition) is 1. The molecule has 0 radical (unpaired) electrons. The van der Waals surface area contributed by atoms with Crippen LogP contribution in [0.2, 0.25) is 0 Å². The van der Waals surface area contributed by atoms with Gasteiger partial charge in [-0.05, 0) is 64.7 Å². The number of fused-ring (bicyclic) bond motifs is 2. The smallest absolute Gasteiger partial charge is 0.132 e. The lowest BCUT2D eigenvalue weighted by Crippen LogP contribution is -1.94. The summed E-state index contributed by atoms with van der Waals surface area (Å²) in [5.41, 5.74) is 5.93. The van der Waals surface area contributed by atoms with Crippen LogP contribution in [-0.2, 0) is 13.0 Å². The maximum absolute atomic E-state index is 10.0. The van der Waals surface area contributed by atoms with Gasteiger partial charge < -0.3 is 5.11 Å². The molecule has 1 aliphatic heterocycles. The molecular formula is C20H15BrN4O. The fourth-order valence-electron chi connectivity index (χ4n) is 3.69. The molecule has 0 saturated carbocycles. The summed E-state index contributed by atoms with van der Waals surface area (Å²) < 4.78 is 2.71. The van der Waals surface area contributed by atoms with Gasteiger partial charge in [-0.25, -0.2) is 0 Å². The standard InChI is InChI=1S/C20H15BrN4O/c21-18-16(26)7-6-13-12(8-10-23-19(13)18)17-15-5-3-11-25(15)24-20(17)14-4-1-2-9-22-14/h1-2,4,6-10,26H,3,5,11H2. The molecule has 5 rings (SSSR count). The molecule has 5 nitrogen and oxygen atoms in total. The normalized spacial score (nSPS) is 13.3. The van der Waals surface area contributed by atoms with Crippen molar-refractivity contribution in [3.8, 4) is 28.3 Å². The van der Waals surface area contributed by atoms with Crippen molar-refractivity contribution in [2.45, 2.75) is 19.4 Å². The molecular weight excluding hydrogens is 392 g/mol. The van der Waals surface area contributed by atoms with E-state index in [2.05, 4.69) is 30.6 Å². The molecule has 0 spiro atoms. The van der Waals surface area contributed by atoms with Crippen molar-refractivity contribution in [1.82, 2.24) is 19.7 Å². The van der Waals surface area contributed by atoms with Gasteiger partial charge >= 0.3 is 0 Å². The van der Waals surface area contributed by atoms with Crippen LogP contribution in [0.4, 0.5) is 0 Å². The van der Waals surface area contributed by atoms with Gasteiger partial charge in [-0.3, -0.25) is 14.6 Å². The van der Waals surface area contributed by atoms with Crippen LogP contribution in [-0.4, -0.2) is 24.9 Å². The van der Waals surface area contributed by atoms with Gasteiger partial charge in [0.15, 0.2) is 0 Å². The lowest BCUT2D eigenvalue weighted by atomic mass is 9.96. The van der Waals surface area contributed by atoms with Crippen molar-refractivity contribution in [2.75, 3.05) is 0 Å². The Labute approximate surface area is 158 Å². The number of aromatic hydroxyl groups is 1. The van der Waals surface area contributed by atoms with Crippen LogP contribution in [0.3, 0.4) is 0 Å². The van der Waals surface area contributed by atoms with Crippen molar-refractivity contribution < 1.29 is 5.11 Å². The second kappa shape index (κ2) is 5.92. The highest BCUT2D eigenvalue weighted by Gasteiger charge is 2.25. The summed E-state index contributed by atoms with van der Waals surface area (Å²) in [6.07, 6.45) is 5.68. The first-order valence-corrected chi connectivity index (χ1v) is 9.31. The van der Waals surface area contributed by atoms with Gasteiger partial charge in [0.25, 0.3) is 0 Å². The van der Waals surface area contributed by atoms with Gasteiger partial charge in [-0.15, -0.1) is 0 Å². The first-order valence-electron chi connectivity index (χ1n) is 8.51. The van der Waals surface area contributed by atoms with Crippen molar-refractivity contribution in [3.05, 3.63) is 59.0 Å². The van der Waals surface area contributed by atoms with Crippen molar-refractivity contribution >= 4 is 26.8 Å². The molecule has 0 atom stereocenters. The third-order valence-electron chi connectivity index (χ3n) is 4.85. The number of aryl methyl sites for hydroxylation is 1. The van der Waals surface area contributed by atoms with Gasteiger partial charge in [0.05, 0.1) is 15.7 Å². The Morgan fingerprint density at radius 3 is 2.81 bits per heavy atom. The van der Waals surface area contributed by atoms with Gasteiger partial charge in [-0.1, -0.05) is 6.07 Å². The lowest BCUT2D eigenvalue weighted by Gasteiger charge is -2.10. The molecule has 0 aliphatic carbocycles. The van der Waals surface area contributed by atoms with E-state index in [9.17, 15) is 5.11 Å². The maximum atomic E-state index is 10.0. The summed E-state index contributed by atoms with van der Waals surface area (Å²) in [6, 6.07) is 11.5. The molecule has 0 bridgehead atoms. The molecule has 26 heavy (non-hydrogen) atoms. The molecule has 4 heterocycles. The van der Waals surface area contributed by atoms with Crippen molar-refractivity contribution in [3.63, 3.8) is 0 Å². The minimum absolute atomic E-state index is 0.187. The third-order valence-corrected chi connectivity index (χ3v) is 5.63. The Morgan fingerprint density at radius 2 is 1.96 bits per heavy atom. The quantitative estimate of drug-likeness (QED) is 0.529. The molecule has 128 valence electrons. The van der Waals surface area contributed by atoms with Crippen LogP contribution in [0.15, 0.2) is 53.3 Å². The number of phenolic OH excluding ortho intramolecular Hbond substituents is 1. The van der Waals surface area contributed by atoms with Crippen molar-refractivity contribution in [2.24, 2.45) is 0 Å². The number of pyridine rings is 2. The van der Waals surface area contributed by atoms with Crippen molar-refractivity contribution in [1.29, 1.82) is 0 Å². The predicted octanol–water partition coefficient (Wildman–Crippen LogP) is 4.57. The van der Waals surface area contributed by atoms with E-state index < -0.39 is 0 Å². The molecule has 3 aromatic heterocycles. The largest absolute Gasteiger partial charge is 0.507 e. The molecule has 1 aromatic carbocycles. The first kappa shape index (κ1) is 15.5. The molecule has 1 aliphatic rings. The highest BCUT2D eigenvalue weighted by atomic mass is 79.9. The van der Waals surface area contributed by atoms with Gasteiger partial charge in [0.1, 0.15) is 11.4 Å². The molecule has 0 saturated heterocycles. The fraction of sp³-hybridized carbons (Fsp3) is 0.150. The summed E-state index contributed by atoms with van der Waals surface area (Å²) in [5.74, 6) is 0.187. The highest BCUT2D eigenvalue weighted by Crippen LogP contribution is 2.41. The fourth-order valence-corrected chi connectivity index (χ4v) is 4.14. The van der Waals surface area contributed by atoms with E-state index in [1.54, 1.807) is 18.5 Å². The molecule has 0 amide bonds. The molecule has 0 fully saturated rings. The summed E-state index contributed by atoms with van der Waals surface area (Å²) in [6.45, 7) is 0.933. The summed E-state index contributed by atoms with van der Waals surface area (Å²) in [5, 5.41) is 15.9. The van der Waals surface area contributed by atoms with Crippen LogP contribution < -0.4 is 0 Å². The number of hydrogen-bond acceptors (Lipinski definition) is 4. The Hall–Kier alpha value is -2.73. The number of phenols is 1. The van der Waals surface area contributed by atoms with Crippen LogP contribution in [0.25, 0.3) is 33.4 Å². The van der Waals surface area contributed by atoms with Crippen LogP contribution >= 0.6 is 15.9 Å². The first-order chi connectivity index (χ1) is 12.7. The van der Waals surface area contributed by atoms with E-state index >= 15 is 0 Å². The van der Waals surface area contributed by atoms with Crippen LogP contribution in [0.1, 0.15) is 12.1 Å². The van der Waals surface area contributed by atoms with Crippen LogP contribution in [0, 0.1) is 0 Å². The summed E-state index contributed by atoms with van der Waals surface area (Å²) in [4.78, 5) is 8.98. The third kappa shape index (κ3) is 2.25. The zero-order valence-electron chi connectivity index (χ0n) is 13.9. The van der Waals surface area contributed by atoms with Gasteiger partial charge in [0.2, 0.25) is 0 Å². The maximum Gasteiger partial charge on any atom is 0.132 e. The van der Waals surface area contributed by atoms with E-state index in [1.165, 1.54) is 5.69 Å². The Morgan fingerprint density at radius 1 is 1.04 bits per heavy atom. The molecule has 1 N–H and O–H groups in total. The SMILES string of the molecule is Oc1ccc2c(-c3c(-c4ccccn4)nn4c3CCC4)ccnc2c1Br. The van der Waals surface area contributed by atoms with Gasteiger partial charge in [-0.2, -0.15) is 5.10 Å². The Balaban J connectivity index is 1.85. The minimum atomic E-state index is 0.187. The predicted molar refractivity (Wildman–Crippen MR) is 104 cm³/mol. The number of nitrogens with zero attached hydrogens (tertiary/aromatic N) is 4. The van der Waals surface area contributed by atoms with E-state index in [0.29, 0.717) is 4.47 Å². The lowest BCUT2D eigenvalue weighted by molar-refractivity contribution is 0.473. The number of rotatable bonds is 2. The molecule has 6 heteroatoms. The zero-order valence-corrected chi connectivity index (χ0v) is 15.4. The van der Waals surface area contributed by atoms with Crippen LogP contribution in [0.5, 0.6) is 5.75 Å². The summed E-state index contributed by atoms with van der Waals surface area (Å²) in [7, 11) is 0. The molecule has 0 unspecified atom stereocenters. The van der Waals surface area contributed by atoms with Gasteiger partial charge in [0, 0.05) is 35.6 Å². The Bertz CT molecular complexity index is 1140. The number of aromatic nitrogens is 4. The van der Waals surface area contributed by atoms with E-state index in [4.69, 9.17) is 5.10 Å². The second-order valence-electron chi connectivity index (χ2n) is 6.37. The number of benzene rings is 1. The second-order valence-corrected chi connectivity index (χ2v) is 7.16. The van der Waals surface area contributed by atoms with E-state index in [1.807, 2.05) is 30.3 Å².